The van der Waals surface area contributed by atoms with Crippen LogP contribution >= 0.6 is 0 Å². The van der Waals surface area contributed by atoms with Gasteiger partial charge in [0, 0.05) is 18.7 Å². The molecule has 0 radical (unpaired) electrons. The van der Waals surface area contributed by atoms with E-state index < -0.39 is 18.5 Å². The minimum absolute atomic E-state index is 0.0385. The number of halogens is 2. The lowest BCUT2D eigenvalue weighted by Gasteiger charge is -2.30. The molecule has 8 heteroatoms. The Balaban J connectivity index is 2.09. The van der Waals surface area contributed by atoms with Crippen LogP contribution in [-0.4, -0.2) is 48.7 Å². The van der Waals surface area contributed by atoms with Crippen molar-refractivity contribution in [1.82, 2.24) is 4.90 Å². The first-order valence-electron chi connectivity index (χ1n) is 7.07. The molecule has 2 rings (SSSR count). The Hall–Kier alpha value is -2.38. The second-order valence-electron chi connectivity index (χ2n) is 5.15. The van der Waals surface area contributed by atoms with Crippen LogP contribution < -0.4 is 9.47 Å². The van der Waals surface area contributed by atoms with Gasteiger partial charge < -0.3 is 19.5 Å². The molecule has 1 saturated heterocycles. The summed E-state index contributed by atoms with van der Waals surface area (Å²) in [7, 11) is 1.29. The van der Waals surface area contributed by atoms with Gasteiger partial charge in [0.2, 0.25) is 0 Å². The maximum absolute atomic E-state index is 12.4. The number of piperidine rings is 1. The van der Waals surface area contributed by atoms with Crippen molar-refractivity contribution >= 4 is 11.9 Å². The van der Waals surface area contributed by atoms with Crippen molar-refractivity contribution in [2.75, 3.05) is 20.2 Å². The molecule has 1 aliphatic heterocycles. The number of amides is 1. The number of hydrogen-bond acceptors (Lipinski definition) is 4. The van der Waals surface area contributed by atoms with Crippen LogP contribution in [0.1, 0.15) is 23.2 Å². The van der Waals surface area contributed by atoms with E-state index in [0.29, 0.717) is 25.9 Å². The number of ether oxygens (including phenoxy) is 2. The fourth-order valence-corrected chi connectivity index (χ4v) is 2.51. The Kier molecular flexibility index (Phi) is 5.36. The van der Waals surface area contributed by atoms with Crippen LogP contribution in [0.25, 0.3) is 0 Å². The average Bonchev–Trinajstić information content (AvgIpc) is 2.54. The lowest BCUT2D eigenvalue weighted by molar-refractivity contribution is -0.143. The highest BCUT2D eigenvalue weighted by atomic mass is 19.3. The molecule has 1 aliphatic rings. The molecule has 1 aromatic carbocycles. The summed E-state index contributed by atoms with van der Waals surface area (Å²) in [4.78, 5) is 24.9. The van der Waals surface area contributed by atoms with Crippen LogP contribution in [0.2, 0.25) is 0 Å². The second-order valence-corrected chi connectivity index (χ2v) is 5.15. The van der Waals surface area contributed by atoms with Crippen molar-refractivity contribution in [2.24, 2.45) is 5.92 Å². The standard InChI is InChI=1S/C15H17F2NO5/c1-22-12-8-10(2-3-11(12)23-15(16)17)13(19)18-6-4-9(5-7-18)14(20)21/h2-3,8-9,15H,4-7H2,1H3,(H,20,21). The van der Waals surface area contributed by atoms with Gasteiger partial charge in [0.05, 0.1) is 13.0 Å². The lowest BCUT2D eigenvalue weighted by atomic mass is 9.96. The molecule has 0 atom stereocenters. The number of hydrogen-bond donors (Lipinski definition) is 1. The van der Waals surface area contributed by atoms with E-state index >= 15 is 0 Å². The van der Waals surface area contributed by atoms with Crippen molar-refractivity contribution in [2.45, 2.75) is 19.5 Å². The summed E-state index contributed by atoms with van der Waals surface area (Å²) in [6, 6.07) is 3.97. The first-order chi connectivity index (χ1) is 10.9. The number of carboxylic acids is 1. The molecular weight excluding hydrogens is 312 g/mol. The van der Waals surface area contributed by atoms with E-state index in [1.165, 1.54) is 25.3 Å². The van der Waals surface area contributed by atoms with Gasteiger partial charge in [-0.25, -0.2) is 0 Å². The van der Waals surface area contributed by atoms with Crippen molar-refractivity contribution < 1.29 is 33.0 Å². The predicted molar refractivity (Wildman–Crippen MR) is 75.9 cm³/mol. The van der Waals surface area contributed by atoms with Gasteiger partial charge in [-0.15, -0.1) is 0 Å². The number of nitrogens with zero attached hydrogens (tertiary/aromatic N) is 1. The molecule has 0 bridgehead atoms. The van der Waals surface area contributed by atoms with E-state index in [1.54, 1.807) is 4.90 Å². The topological polar surface area (TPSA) is 76.1 Å². The van der Waals surface area contributed by atoms with E-state index in [2.05, 4.69) is 4.74 Å². The predicted octanol–water partition coefficient (Wildman–Crippen LogP) is 2.23. The minimum atomic E-state index is -2.99. The van der Waals surface area contributed by atoms with Crippen LogP contribution in [0.15, 0.2) is 18.2 Å². The summed E-state index contributed by atoms with van der Waals surface area (Å²) in [5.74, 6) is -1.70. The Morgan fingerprint density at radius 3 is 2.43 bits per heavy atom. The SMILES string of the molecule is COc1cc(C(=O)N2CCC(C(=O)O)CC2)ccc1OC(F)F. The third-order valence-corrected chi connectivity index (χ3v) is 3.76. The van der Waals surface area contributed by atoms with Gasteiger partial charge in [0.1, 0.15) is 0 Å². The smallest absolute Gasteiger partial charge is 0.387 e. The van der Waals surface area contributed by atoms with Crippen molar-refractivity contribution in [3.8, 4) is 11.5 Å². The van der Waals surface area contributed by atoms with Crippen molar-refractivity contribution in [1.29, 1.82) is 0 Å². The number of rotatable bonds is 5. The quantitative estimate of drug-likeness (QED) is 0.896. The van der Waals surface area contributed by atoms with E-state index in [-0.39, 0.29) is 23.0 Å². The Bertz CT molecular complexity index is 585. The molecule has 1 aromatic rings. The van der Waals surface area contributed by atoms with Gasteiger partial charge >= 0.3 is 12.6 Å². The summed E-state index contributed by atoms with van der Waals surface area (Å²) in [6.07, 6.45) is 0.787. The first kappa shape index (κ1) is 17.0. The fourth-order valence-electron chi connectivity index (χ4n) is 2.51. The molecule has 0 aliphatic carbocycles. The molecule has 1 N–H and O–H groups in total. The zero-order valence-corrected chi connectivity index (χ0v) is 12.5. The number of carbonyl (C=O) groups is 2. The van der Waals surface area contributed by atoms with Crippen molar-refractivity contribution in [3.63, 3.8) is 0 Å². The van der Waals surface area contributed by atoms with Gasteiger partial charge in [-0.3, -0.25) is 9.59 Å². The molecule has 0 spiro atoms. The van der Waals surface area contributed by atoms with E-state index in [9.17, 15) is 18.4 Å². The van der Waals surface area contributed by atoms with Gasteiger partial charge in [-0.1, -0.05) is 0 Å². The summed E-state index contributed by atoms with van der Waals surface area (Å²) in [6.45, 7) is -2.30. The summed E-state index contributed by atoms with van der Waals surface area (Å²) in [5, 5.41) is 8.96. The normalized spacial score (nSPS) is 15.6. The van der Waals surface area contributed by atoms with Crippen LogP contribution in [-0.2, 0) is 4.79 Å². The number of methoxy groups -OCH3 is 1. The number of likely N-dealkylation sites (tertiary alicyclic amines) is 1. The van der Waals surface area contributed by atoms with Gasteiger partial charge in [-0.05, 0) is 31.0 Å². The molecule has 6 nitrogen and oxygen atoms in total. The lowest BCUT2D eigenvalue weighted by Crippen LogP contribution is -2.40. The molecule has 1 fully saturated rings. The maximum Gasteiger partial charge on any atom is 0.387 e. The highest BCUT2D eigenvalue weighted by Crippen LogP contribution is 2.30. The molecule has 1 heterocycles. The molecular formula is C15H17F2NO5. The minimum Gasteiger partial charge on any atom is -0.493 e. The zero-order chi connectivity index (χ0) is 17.0. The second kappa shape index (κ2) is 7.26. The molecule has 0 unspecified atom stereocenters. The third-order valence-electron chi connectivity index (χ3n) is 3.76. The number of carboxylic acid groups (broad SMARTS) is 1. The van der Waals surface area contributed by atoms with Crippen LogP contribution in [0.4, 0.5) is 8.78 Å². The van der Waals surface area contributed by atoms with Crippen LogP contribution in [0, 0.1) is 5.92 Å². The first-order valence-corrected chi connectivity index (χ1v) is 7.07. The van der Waals surface area contributed by atoms with Gasteiger partial charge in [0.15, 0.2) is 11.5 Å². The van der Waals surface area contributed by atoms with E-state index in [4.69, 9.17) is 9.84 Å². The van der Waals surface area contributed by atoms with E-state index in [0.717, 1.165) is 0 Å². The van der Waals surface area contributed by atoms with Gasteiger partial charge in [-0.2, -0.15) is 8.78 Å². The average molecular weight is 329 g/mol. The Morgan fingerprint density at radius 1 is 1.26 bits per heavy atom. The monoisotopic (exact) mass is 329 g/mol. The Morgan fingerprint density at radius 2 is 1.91 bits per heavy atom. The summed E-state index contributed by atoms with van der Waals surface area (Å²) < 4.78 is 33.8. The van der Waals surface area contributed by atoms with Crippen molar-refractivity contribution in [3.05, 3.63) is 23.8 Å². The number of carbonyl (C=O) groups excluding carboxylic acids is 1. The Labute approximate surface area is 131 Å². The molecule has 23 heavy (non-hydrogen) atoms. The van der Waals surface area contributed by atoms with E-state index in [1.807, 2.05) is 0 Å². The molecule has 0 saturated carbocycles. The van der Waals surface area contributed by atoms with Crippen LogP contribution in [0.5, 0.6) is 11.5 Å². The van der Waals surface area contributed by atoms with Gasteiger partial charge in [0.25, 0.3) is 5.91 Å². The summed E-state index contributed by atoms with van der Waals surface area (Å²) >= 11 is 0. The molecule has 1 amide bonds. The fraction of sp³-hybridized carbons (Fsp3) is 0.467. The molecule has 0 aromatic heterocycles. The maximum atomic E-state index is 12.4. The number of benzene rings is 1. The summed E-state index contributed by atoms with van der Waals surface area (Å²) in [5.41, 5.74) is 0.275. The third kappa shape index (κ3) is 4.08. The zero-order valence-electron chi connectivity index (χ0n) is 12.5. The highest BCUT2D eigenvalue weighted by Gasteiger charge is 2.28. The molecule has 126 valence electrons. The highest BCUT2D eigenvalue weighted by molar-refractivity contribution is 5.95. The number of aliphatic carboxylic acids is 1. The largest absolute Gasteiger partial charge is 0.493 e. The number of alkyl halides is 2. The van der Waals surface area contributed by atoms with Crippen LogP contribution in [0.3, 0.4) is 0 Å².